The Bertz CT molecular complexity index is 383. The molecule has 0 atom stereocenters. The van der Waals surface area contributed by atoms with Gasteiger partial charge < -0.3 is 8.85 Å². The van der Waals surface area contributed by atoms with Gasteiger partial charge >= 0.3 is 0 Å². The van der Waals surface area contributed by atoms with E-state index in [2.05, 4.69) is 47.6 Å². The minimum atomic E-state index is -1.64. The number of allylic oxidation sites excluding steroid dienone is 1. The van der Waals surface area contributed by atoms with E-state index in [9.17, 15) is 0 Å². The molecule has 0 saturated heterocycles. The molecule has 3 nitrogen and oxygen atoms in total. The molecule has 0 unspecified atom stereocenters. The molecule has 0 aromatic carbocycles. The fraction of sp³-hybridized carbons (Fsp3) is 0.824. The van der Waals surface area contributed by atoms with E-state index in [1.807, 2.05) is 0 Å². The summed E-state index contributed by atoms with van der Waals surface area (Å²) in [4.78, 5) is 4.74. The van der Waals surface area contributed by atoms with Crippen molar-refractivity contribution in [2.24, 2.45) is 4.99 Å². The van der Waals surface area contributed by atoms with E-state index in [1.165, 1.54) is 0 Å². The summed E-state index contributed by atoms with van der Waals surface area (Å²) in [6, 6.07) is 6.95. The lowest BCUT2D eigenvalue weighted by Crippen LogP contribution is -2.39. The van der Waals surface area contributed by atoms with Gasteiger partial charge in [0.1, 0.15) is 0 Å². The summed E-state index contributed by atoms with van der Waals surface area (Å²) in [7, 11) is -3.26. The normalized spacial score (nSPS) is 16.1. The largest absolute Gasteiger partial charge is 0.534 e. The number of hydrogen-bond acceptors (Lipinski definition) is 3. The Labute approximate surface area is 139 Å². The first-order valence-corrected chi connectivity index (χ1v) is 14.2. The number of rotatable bonds is 9. The van der Waals surface area contributed by atoms with Crippen molar-refractivity contribution in [3.63, 3.8) is 0 Å². The highest BCUT2D eigenvalue weighted by Gasteiger charge is 2.34. The second-order valence-corrected chi connectivity index (χ2v) is 15.7. The van der Waals surface area contributed by atoms with Crippen LogP contribution in [0.2, 0.25) is 36.3 Å². The van der Waals surface area contributed by atoms with Crippen LogP contribution in [-0.2, 0) is 8.85 Å². The predicted molar refractivity (Wildman–Crippen MR) is 101 cm³/mol. The van der Waals surface area contributed by atoms with Crippen LogP contribution >= 0.6 is 0 Å². The van der Waals surface area contributed by atoms with Gasteiger partial charge in [-0.1, -0.05) is 41.5 Å². The van der Waals surface area contributed by atoms with Gasteiger partial charge in [-0.3, -0.25) is 0 Å². The van der Waals surface area contributed by atoms with Crippen molar-refractivity contribution in [1.29, 1.82) is 0 Å². The van der Waals surface area contributed by atoms with Crippen LogP contribution in [0.4, 0.5) is 0 Å². The third-order valence-electron chi connectivity index (χ3n) is 5.43. The summed E-state index contributed by atoms with van der Waals surface area (Å²) in [5, 5.41) is 0. The summed E-state index contributed by atoms with van der Waals surface area (Å²) in [5.74, 6) is 1.77. The highest BCUT2D eigenvalue weighted by Crippen LogP contribution is 2.29. The van der Waals surface area contributed by atoms with E-state index < -0.39 is 16.6 Å². The van der Waals surface area contributed by atoms with E-state index in [0.29, 0.717) is 0 Å². The van der Waals surface area contributed by atoms with Crippen molar-refractivity contribution in [1.82, 2.24) is 0 Å². The molecule has 0 radical (unpaired) electrons. The van der Waals surface area contributed by atoms with Crippen LogP contribution in [0.15, 0.2) is 17.0 Å². The minimum Gasteiger partial charge on any atom is -0.534 e. The predicted octanol–water partition coefficient (Wildman–Crippen LogP) is 6.06. The zero-order valence-corrected chi connectivity index (χ0v) is 17.5. The second-order valence-electron chi connectivity index (χ2n) is 6.28. The topological polar surface area (TPSA) is 30.8 Å². The van der Waals surface area contributed by atoms with Crippen molar-refractivity contribution in [2.45, 2.75) is 90.6 Å². The molecule has 0 saturated carbocycles. The van der Waals surface area contributed by atoms with E-state index >= 15 is 0 Å². The van der Waals surface area contributed by atoms with Crippen LogP contribution in [0.5, 0.6) is 0 Å². The lowest BCUT2D eigenvalue weighted by atomic mass is 10.2. The Kier molecular flexibility index (Phi) is 7.90. The van der Waals surface area contributed by atoms with Gasteiger partial charge in [0, 0.05) is 6.42 Å². The number of nitrogens with zero attached hydrogens (tertiary/aromatic N) is 1. The molecule has 0 amide bonds. The number of aliphatic imine (C=N–C) groups is 1. The Balaban J connectivity index is 2.85. The first kappa shape index (κ1) is 19.5. The Morgan fingerprint density at radius 2 is 1.27 bits per heavy atom. The Hall–Kier alpha value is -0.556. The molecule has 0 spiro atoms. The summed E-state index contributed by atoms with van der Waals surface area (Å²) in [5.41, 5.74) is 0. The maximum absolute atomic E-state index is 6.46. The Morgan fingerprint density at radius 3 is 1.73 bits per heavy atom. The highest BCUT2D eigenvalue weighted by atomic mass is 28.4. The van der Waals surface area contributed by atoms with Crippen LogP contribution < -0.4 is 0 Å². The quantitative estimate of drug-likeness (QED) is 0.477. The molecule has 0 aromatic rings. The summed E-state index contributed by atoms with van der Waals surface area (Å²) < 4.78 is 12.9. The smallest absolute Gasteiger partial charge is 0.252 e. The zero-order chi connectivity index (χ0) is 16.6. The highest BCUT2D eigenvalue weighted by molar-refractivity contribution is 6.75. The molecule has 0 aromatic heterocycles. The molecule has 1 aliphatic heterocycles. The molecule has 0 N–H and O–H groups in total. The molecule has 0 aliphatic carbocycles. The van der Waals surface area contributed by atoms with Gasteiger partial charge in [-0.2, -0.15) is 4.99 Å². The SMILES string of the molecule is CC[Si](CC)(CC)OC1=CCCC(O[Si](CC)(CC)CC)=N1. The Morgan fingerprint density at radius 1 is 0.818 bits per heavy atom. The van der Waals surface area contributed by atoms with Crippen molar-refractivity contribution >= 4 is 22.5 Å². The molecule has 5 heteroatoms. The fourth-order valence-corrected chi connectivity index (χ4v) is 8.17. The average molecular weight is 342 g/mol. The van der Waals surface area contributed by atoms with Gasteiger partial charge in [-0.15, -0.1) is 0 Å². The zero-order valence-electron chi connectivity index (χ0n) is 15.5. The molecular formula is C17H35NO2Si2. The maximum Gasteiger partial charge on any atom is 0.252 e. The van der Waals surface area contributed by atoms with Crippen molar-refractivity contribution in [3.05, 3.63) is 12.0 Å². The third kappa shape index (κ3) is 4.72. The van der Waals surface area contributed by atoms with Crippen LogP contribution in [0, 0.1) is 0 Å². The van der Waals surface area contributed by atoms with Gasteiger partial charge in [0.05, 0.1) is 0 Å². The lowest BCUT2D eigenvalue weighted by Gasteiger charge is -2.32. The molecule has 1 heterocycles. The van der Waals surface area contributed by atoms with Crippen LogP contribution in [0.25, 0.3) is 0 Å². The van der Waals surface area contributed by atoms with Gasteiger partial charge in [-0.05, 0) is 48.8 Å². The molecule has 0 fully saturated rings. The monoisotopic (exact) mass is 341 g/mol. The summed E-state index contributed by atoms with van der Waals surface area (Å²) >= 11 is 0. The molecule has 1 aliphatic rings. The maximum atomic E-state index is 6.46. The van der Waals surface area contributed by atoms with Gasteiger partial charge in [0.15, 0.2) is 11.8 Å². The van der Waals surface area contributed by atoms with Crippen LogP contribution in [0.3, 0.4) is 0 Å². The van der Waals surface area contributed by atoms with E-state index in [1.54, 1.807) is 0 Å². The first-order valence-electron chi connectivity index (χ1n) is 9.18. The summed E-state index contributed by atoms with van der Waals surface area (Å²) in [6.45, 7) is 13.6. The lowest BCUT2D eigenvalue weighted by molar-refractivity contribution is 0.386. The molecular weight excluding hydrogens is 306 g/mol. The van der Waals surface area contributed by atoms with Crippen LogP contribution in [-0.4, -0.2) is 22.5 Å². The van der Waals surface area contributed by atoms with Crippen LogP contribution in [0.1, 0.15) is 54.4 Å². The fourth-order valence-electron chi connectivity index (χ4n) is 3.09. The molecule has 0 bridgehead atoms. The molecule has 128 valence electrons. The second kappa shape index (κ2) is 8.92. The number of hydrogen-bond donors (Lipinski definition) is 0. The first-order chi connectivity index (χ1) is 10.5. The van der Waals surface area contributed by atoms with Gasteiger partial charge in [-0.25, -0.2) is 0 Å². The summed E-state index contributed by atoms with van der Waals surface area (Å²) in [6.07, 6.45) is 4.08. The molecule has 22 heavy (non-hydrogen) atoms. The van der Waals surface area contributed by atoms with E-state index in [0.717, 1.165) is 60.9 Å². The van der Waals surface area contributed by atoms with Gasteiger partial charge in [0.25, 0.3) is 16.6 Å². The van der Waals surface area contributed by atoms with E-state index in [4.69, 9.17) is 13.8 Å². The van der Waals surface area contributed by atoms with E-state index in [-0.39, 0.29) is 0 Å². The van der Waals surface area contributed by atoms with Gasteiger partial charge in [0.2, 0.25) is 0 Å². The van der Waals surface area contributed by atoms with Crippen molar-refractivity contribution < 1.29 is 8.85 Å². The molecule has 1 rings (SSSR count). The average Bonchev–Trinajstić information content (AvgIpc) is 2.58. The van der Waals surface area contributed by atoms with Crippen molar-refractivity contribution in [3.8, 4) is 0 Å². The standard InChI is InChI=1S/C17H35NO2Si2/c1-7-21(8-2,9-3)19-16-14-13-15-17(18-16)20-22(10-4,11-5)12-6/h14H,7-13,15H2,1-6H3. The van der Waals surface area contributed by atoms with Crippen molar-refractivity contribution in [2.75, 3.05) is 0 Å². The third-order valence-corrected chi connectivity index (χ3v) is 14.5. The minimum absolute atomic E-state index is 0.838.